The summed E-state index contributed by atoms with van der Waals surface area (Å²) in [6.45, 7) is 16.9. The van der Waals surface area contributed by atoms with E-state index in [1.54, 1.807) is 0 Å². The van der Waals surface area contributed by atoms with Gasteiger partial charge in [0.2, 0.25) is 0 Å². The average Bonchev–Trinajstić information content (AvgIpc) is 3.54. The number of aliphatic hydroxyl groups is 1. The van der Waals surface area contributed by atoms with Crippen molar-refractivity contribution in [3.05, 3.63) is 94.8 Å². The van der Waals surface area contributed by atoms with Gasteiger partial charge in [0.1, 0.15) is 0 Å². The Morgan fingerprint density at radius 3 is 1.89 bits per heavy atom. The molecule has 1 radical (unpaired) electrons. The minimum absolute atomic E-state index is 0. The van der Waals surface area contributed by atoms with Gasteiger partial charge in [0, 0.05) is 38.0 Å². The van der Waals surface area contributed by atoms with E-state index >= 15 is 0 Å². The molecule has 0 fully saturated rings. The van der Waals surface area contributed by atoms with Crippen LogP contribution in [-0.2, 0) is 31.3 Å². The van der Waals surface area contributed by atoms with Gasteiger partial charge in [-0.3, -0.25) is 4.79 Å². The van der Waals surface area contributed by atoms with Gasteiger partial charge in [0.25, 0.3) is 0 Å². The van der Waals surface area contributed by atoms with Crippen LogP contribution in [0.5, 0.6) is 0 Å². The van der Waals surface area contributed by atoms with Crippen LogP contribution in [0.4, 0.5) is 0 Å². The molecule has 45 heavy (non-hydrogen) atoms. The van der Waals surface area contributed by atoms with Gasteiger partial charge in [0.05, 0.1) is 5.76 Å². The molecular weight excluding hydrogens is 800 g/mol. The van der Waals surface area contributed by atoms with Crippen molar-refractivity contribution in [3.8, 4) is 32.4 Å². The first-order chi connectivity index (χ1) is 21.0. The van der Waals surface area contributed by atoms with Gasteiger partial charge in [-0.05, 0) is 37.5 Å². The average molecular weight is 849 g/mol. The molecule has 2 aromatic carbocycles. The van der Waals surface area contributed by atoms with Gasteiger partial charge in [-0.25, -0.2) is 0 Å². The number of benzene rings is 2. The summed E-state index contributed by atoms with van der Waals surface area (Å²) >= 11 is 0.310. The number of aromatic nitrogens is 2. The predicted octanol–water partition coefficient (Wildman–Crippen LogP) is 10.1. The van der Waals surface area contributed by atoms with Crippen LogP contribution in [0, 0.1) is 30.2 Å². The molecule has 0 unspecified atom stereocenters. The van der Waals surface area contributed by atoms with Gasteiger partial charge in [-0.1, -0.05) is 48.5 Å². The minimum Gasteiger partial charge on any atom is 0 e. The number of aliphatic hydroxyl groups excluding tert-OH is 1. The fraction of sp³-hybridized carbons (Fsp3) is 0.410. The molecule has 0 spiro atoms. The Hall–Kier alpha value is -2.62. The number of ketones is 1. The van der Waals surface area contributed by atoms with E-state index < -0.39 is 0 Å². The molecule has 2 aromatic heterocycles. The van der Waals surface area contributed by atoms with Crippen molar-refractivity contribution in [1.29, 1.82) is 0 Å². The summed E-state index contributed by atoms with van der Waals surface area (Å²) in [7, 11) is 0. The minimum atomic E-state index is 0. The summed E-state index contributed by atoms with van der Waals surface area (Å²) in [5, 5.41) is 18.5. The maximum atomic E-state index is 11.7. The summed E-state index contributed by atoms with van der Waals surface area (Å²) in [6.07, 6.45) is 6.00. The Morgan fingerprint density at radius 2 is 1.40 bits per heavy atom. The number of allylic oxidation sites excluding steroid dienone is 2. The van der Waals surface area contributed by atoms with Crippen molar-refractivity contribution in [3.63, 3.8) is 0 Å². The Labute approximate surface area is 290 Å². The molecule has 2 heterocycles. The molecule has 0 saturated carbocycles. The first-order valence-corrected chi connectivity index (χ1v) is 17.8. The number of rotatable bonds is 11. The van der Waals surface area contributed by atoms with Crippen molar-refractivity contribution >= 4 is 20.3 Å². The molecule has 0 amide bonds. The zero-order valence-corrected chi connectivity index (χ0v) is 32.2. The van der Waals surface area contributed by atoms with Crippen LogP contribution >= 0.6 is 0 Å². The summed E-state index contributed by atoms with van der Waals surface area (Å²) < 4.78 is 1.17. The molecule has 0 aliphatic carbocycles. The van der Waals surface area contributed by atoms with Gasteiger partial charge >= 0.3 is 147 Å². The van der Waals surface area contributed by atoms with Gasteiger partial charge < -0.3 is 5.11 Å². The quantitative estimate of drug-likeness (QED) is 0.0707. The molecule has 0 saturated heterocycles. The SMILES string of the molecule is CCC(CC)C(=O)/C=C(\O)C(CC)CC.Cc1nnc(-c2[c-]cc[se]2)cc1-c1ccc(-c2ccc(CC(C)(C)C)cc2)cc1.[Ir]. The molecule has 6 heteroatoms. The third kappa shape index (κ3) is 11.6. The van der Waals surface area contributed by atoms with Crippen LogP contribution < -0.4 is 0 Å². The van der Waals surface area contributed by atoms with Gasteiger partial charge in [-0.15, -0.1) is 0 Å². The van der Waals surface area contributed by atoms with Crippen molar-refractivity contribution in [1.82, 2.24) is 10.2 Å². The Kier molecular flexibility index (Phi) is 15.9. The van der Waals surface area contributed by atoms with Crippen LogP contribution in [0.3, 0.4) is 0 Å². The molecule has 4 rings (SSSR count). The first kappa shape index (κ1) is 38.6. The fourth-order valence-electron chi connectivity index (χ4n) is 5.29. The number of carbonyl (C=O) groups is 1. The molecule has 0 atom stereocenters. The topological polar surface area (TPSA) is 63.1 Å². The number of hydrogen-bond donors (Lipinski definition) is 1. The summed E-state index contributed by atoms with van der Waals surface area (Å²) in [4.78, 5) is 13.9. The zero-order valence-electron chi connectivity index (χ0n) is 28.1. The predicted molar refractivity (Wildman–Crippen MR) is 186 cm³/mol. The number of nitrogens with zero attached hydrogens (tertiary/aromatic N) is 2. The standard InChI is InChI=1S/C26H25N2Se.C13H24O2.Ir/c1-18-23(16-24(28-27-18)25-6-5-15-29-25)22-13-11-21(12-14-22)20-9-7-19(8-10-20)17-26(2,3)4;1-5-10(6-2)12(14)9-13(15)11(7-3)8-4;/h5,7-16H,17H2,1-4H3;9-11,14H,5-8H2,1-4H3;/q-1;;/b;12-9-;. The maximum absolute atomic E-state index is 11.7. The van der Waals surface area contributed by atoms with Crippen molar-refractivity contribution in [2.24, 2.45) is 17.3 Å². The normalized spacial score (nSPS) is 11.6. The maximum Gasteiger partial charge on any atom is 0 e. The van der Waals surface area contributed by atoms with E-state index in [1.165, 1.54) is 32.8 Å². The summed E-state index contributed by atoms with van der Waals surface area (Å²) in [5.74, 6) is 0.547. The molecule has 4 aromatic rings. The number of hydrogen-bond acceptors (Lipinski definition) is 4. The van der Waals surface area contributed by atoms with E-state index in [2.05, 4.69) is 96.6 Å². The Morgan fingerprint density at radius 1 is 0.867 bits per heavy atom. The third-order valence-corrected chi connectivity index (χ3v) is 9.73. The second-order valence-electron chi connectivity index (χ2n) is 12.6. The van der Waals surface area contributed by atoms with Crippen molar-refractivity contribution < 1.29 is 30.0 Å². The van der Waals surface area contributed by atoms with Crippen LogP contribution in [0.2, 0.25) is 0 Å². The van der Waals surface area contributed by atoms with E-state index in [4.69, 9.17) is 0 Å². The van der Waals surface area contributed by atoms with Crippen molar-refractivity contribution in [2.45, 2.75) is 87.5 Å². The molecule has 4 nitrogen and oxygen atoms in total. The van der Waals surface area contributed by atoms with E-state index in [0.29, 0.717) is 19.9 Å². The van der Waals surface area contributed by atoms with Crippen LogP contribution in [0.25, 0.3) is 32.4 Å². The van der Waals surface area contributed by atoms with Crippen molar-refractivity contribution in [2.75, 3.05) is 0 Å². The Balaban J connectivity index is 0.000000378. The molecule has 1 N–H and O–H groups in total. The van der Waals surface area contributed by atoms with Gasteiger partial charge in [0.15, 0.2) is 5.78 Å². The molecule has 243 valence electrons. The fourth-order valence-corrected chi connectivity index (χ4v) is 6.60. The first-order valence-electron chi connectivity index (χ1n) is 15.9. The van der Waals surface area contributed by atoms with E-state index in [1.807, 2.05) is 40.7 Å². The van der Waals surface area contributed by atoms with E-state index in [0.717, 1.165) is 49.1 Å². The van der Waals surface area contributed by atoms with Crippen LogP contribution in [0.15, 0.2) is 77.4 Å². The number of aryl methyl sites for hydroxylation is 1. The van der Waals surface area contributed by atoms with Crippen LogP contribution in [0.1, 0.15) is 85.4 Å². The molecule has 0 aliphatic rings. The molecule has 0 bridgehead atoms. The monoisotopic (exact) mass is 850 g/mol. The van der Waals surface area contributed by atoms with Crippen LogP contribution in [-0.4, -0.2) is 35.6 Å². The number of carbonyl (C=O) groups excluding carboxylic acids is 1. The Bertz CT molecular complexity index is 1480. The largest absolute Gasteiger partial charge is 0 e. The summed E-state index contributed by atoms with van der Waals surface area (Å²) in [5.41, 5.74) is 8.38. The second-order valence-corrected chi connectivity index (χ2v) is 14.6. The van der Waals surface area contributed by atoms with Gasteiger partial charge in [-0.2, -0.15) is 0 Å². The zero-order chi connectivity index (χ0) is 32.3. The summed E-state index contributed by atoms with van der Waals surface area (Å²) in [6, 6.07) is 25.1. The molecular formula is C39H49IrN2O2Se-. The smallest absolute Gasteiger partial charge is 0 e. The second kappa shape index (κ2) is 18.5. The van der Waals surface area contributed by atoms with E-state index in [9.17, 15) is 9.90 Å². The third-order valence-electron chi connectivity index (χ3n) is 7.98. The molecule has 0 aliphatic heterocycles. The van der Waals surface area contributed by atoms with E-state index in [-0.39, 0.29) is 43.5 Å².